The van der Waals surface area contributed by atoms with Crippen LogP contribution in [0.15, 0.2) is 30.7 Å². The lowest BCUT2D eigenvalue weighted by atomic mass is 10.1. The molecule has 0 saturated heterocycles. The van der Waals surface area contributed by atoms with Gasteiger partial charge in [0.15, 0.2) is 0 Å². The second kappa shape index (κ2) is 8.67. The van der Waals surface area contributed by atoms with Crippen molar-refractivity contribution in [2.75, 3.05) is 6.61 Å². The van der Waals surface area contributed by atoms with E-state index >= 15 is 4.39 Å². The second-order valence-corrected chi connectivity index (χ2v) is 8.95. The van der Waals surface area contributed by atoms with Crippen molar-refractivity contribution in [3.8, 4) is 16.3 Å². The number of aryl methyl sites for hydroxylation is 1. The van der Waals surface area contributed by atoms with Gasteiger partial charge in [-0.2, -0.15) is 13.2 Å². The lowest BCUT2D eigenvalue weighted by Gasteiger charge is -2.14. The van der Waals surface area contributed by atoms with Crippen molar-refractivity contribution < 1.29 is 32.2 Å². The Balaban J connectivity index is 1.56. The number of nitrogens with one attached hydrogen (secondary N) is 1. The van der Waals surface area contributed by atoms with Gasteiger partial charge in [-0.05, 0) is 31.9 Å². The van der Waals surface area contributed by atoms with Crippen LogP contribution < -0.4 is 10.1 Å². The average molecular weight is 482 g/mol. The summed E-state index contributed by atoms with van der Waals surface area (Å²) in [6, 6.07) is 2.63. The van der Waals surface area contributed by atoms with Gasteiger partial charge in [-0.1, -0.05) is 0 Å². The molecule has 0 unspecified atom stereocenters. The summed E-state index contributed by atoms with van der Waals surface area (Å²) in [4.78, 5) is 24.2. The third-order valence-corrected chi connectivity index (χ3v) is 5.84. The highest BCUT2D eigenvalue weighted by Gasteiger charge is 2.41. The summed E-state index contributed by atoms with van der Waals surface area (Å²) in [7, 11) is 0. The topological polar surface area (TPSA) is 97.2 Å². The van der Waals surface area contributed by atoms with E-state index in [1.807, 2.05) is 6.92 Å². The minimum atomic E-state index is -4.68. The van der Waals surface area contributed by atoms with Crippen molar-refractivity contribution in [2.24, 2.45) is 0 Å². The summed E-state index contributed by atoms with van der Waals surface area (Å²) in [5.74, 6) is -2.74. The van der Waals surface area contributed by atoms with Crippen molar-refractivity contribution in [2.45, 2.75) is 38.1 Å². The predicted octanol–water partition coefficient (Wildman–Crippen LogP) is 3.90. The summed E-state index contributed by atoms with van der Waals surface area (Å²) in [6.45, 7) is 1.59. The molecule has 0 aliphatic heterocycles. The molecule has 1 saturated carbocycles. The minimum Gasteiger partial charge on any atom is -0.491 e. The van der Waals surface area contributed by atoms with Crippen LogP contribution in [-0.2, 0) is 12.7 Å². The number of thiazole rings is 1. The van der Waals surface area contributed by atoms with Gasteiger partial charge in [0.1, 0.15) is 23.2 Å². The van der Waals surface area contributed by atoms with Crippen molar-refractivity contribution in [1.29, 1.82) is 0 Å². The fourth-order valence-corrected chi connectivity index (χ4v) is 3.63. The van der Waals surface area contributed by atoms with Gasteiger partial charge >= 0.3 is 6.18 Å². The Morgan fingerprint density at radius 1 is 1.21 bits per heavy atom. The highest BCUT2D eigenvalue weighted by Crippen LogP contribution is 2.37. The number of nitrogens with zero attached hydrogens (tertiary/aromatic N) is 3. The molecule has 2 heterocycles. The fourth-order valence-electron chi connectivity index (χ4n) is 2.86. The number of rotatable bonds is 7. The number of ether oxygens (including phenoxy) is 1. The maximum Gasteiger partial charge on any atom is 0.451 e. The largest absolute Gasteiger partial charge is 0.491 e. The first-order valence-corrected chi connectivity index (χ1v) is 10.6. The van der Waals surface area contributed by atoms with Crippen LogP contribution in [0.3, 0.4) is 0 Å². The first-order valence-electron chi connectivity index (χ1n) is 9.82. The number of halogens is 4. The van der Waals surface area contributed by atoms with Gasteiger partial charge in [0.05, 0.1) is 16.7 Å². The maximum atomic E-state index is 15.2. The van der Waals surface area contributed by atoms with Crippen LogP contribution >= 0.6 is 11.3 Å². The number of benzene rings is 1. The molecule has 4 rings (SSSR count). The highest BCUT2D eigenvalue weighted by molar-refractivity contribution is 7.14. The molecule has 1 aliphatic carbocycles. The van der Waals surface area contributed by atoms with E-state index in [0.717, 1.165) is 17.3 Å². The normalized spacial score (nSPS) is 14.7. The van der Waals surface area contributed by atoms with Crippen molar-refractivity contribution in [1.82, 2.24) is 20.3 Å². The maximum absolute atomic E-state index is 15.2. The molecule has 2 N–H and O–H groups in total. The summed E-state index contributed by atoms with van der Waals surface area (Å²) in [5.41, 5.74) is -0.976. The SMILES string of the molecule is Cc1cnc(-c2cc(OCC3(O)CC3)cc(C(=O)NCc3cnc(C(F)(F)F)nc3)c2F)s1. The summed E-state index contributed by atoms with van der Waals surface area (Å²) < 4.78 is 58.6. The molecule has 7 nitrogen and oxygen atoms in total. The van der Waals surface area contributed by atoms with Crippen LogP contribution in [-0.4, -0.2) is 38.2 Å². The van der Waals surface area contributed by atoms with Gasteiger partial charge in [-0.15, -0.1) is 11.3 Å². The standard InChI is InChI=1S/C21H18F4N4O3S/c1-11-6-27-18(33-11)15-5-13(32-10-20(31)2-3-20)4-14(16(15)22)17(30)26-7-12-8-28-19(29-9-12)21(23,24)25/h4-6,8-9,31H,2-3,7,10H2,1H3,(H,26,30). The van der Waals surface area contributed by atoms with E-state index in [9.17, 15) is 23.1 Å². The molecule has 0 radical (unpaired) electrons. The molecule has 3 aromatic rings. The quantitative estimate of drug-likeness (QED) is 0.496. The Kier molecular flexibility index (Phi) is 6.06. The zero-order valence-corrected chi connectivity index (χ0v) is 18.1. The molecule has 1 fully saturated rings. The monoisotopic (exact) mass is 482 g/mol. The van der Waals surface area contributed by atoms with Gasteiger partial charge in [0, 0.05) is 35.6 Å². The number of aromatic nitrogens is 3. The zero-order chi connectivity index (χ0) is 23.8. The highest BCUT2D eigenvalue weighted by atomic mass is 32.1. The molecule has 174 valence electrons. The Morgan fingerprint density at radius 2 is 1.91 bits per heavy atom. The van der Waals surface area contributed by atoms with Crippen LogP contribution in [0.5, 0.6) is 5.75 Å². The summed E-state index contributed by atoms with van der Waals surface area (Å²) in [5, 5.41) is 12.8. The Hall–Kier alpha value is -3.12. The molecule has 0 bridgehead atoms. The average Bonchev–Trinajstić information content (AvgIpc) is 3.35. The van der Waals surface area contributed by atoms with E-state index < -0.39 is 29.3 Å². The summed E-state index contributed by atoms with van der Waals surface area (Å²) >= 11 is 1.24. The first kappa shape index (κ1) is 23.1. The Bertz CT molecular complexity index is 1180. The number of hydrogen-bond acceptors (Lipinski definition) is 7. The number of carbonyl (C=O) groups is 1. The number of alkyl halides is 3. The van der Waals surface area contributed by atoms with Crippen LogP contribution in [0.1, 0.15) is 39.5 Å². The van der Waals surface area contributed by atoms with Crippen molar-refractivity contribution in [3.05, 3.63) is 58.4 Å². The molecular formula is C21H18F4N4O3S. The molecule has 0 atom stereocenters. The van der Waals surface area contributed by atoms with E-state index in [1.54, 1.807) is 6.20 Å². The van der Waals surface area contributed by atoms with Crippen LogP contribution in [0.4, 0.5) is 17.6 Å². The lowest BCUT2D eigenvalue weighted by molar-refractivity contribution is -0.145. The predicted molar refractivity (Wildman–Crippen MR) is 110 cm³/mol. The number of aliphatic hydroxyl groups is 1. The molecule has 12 heteroatoms. The third kappa shape index (κ3) is 5.45. The molecule has 1 aromatic carbocycles. The molecule has 1 amide bonds. The molecule has 1 aliphatic rings. The van der Waals surface area contributed by atoms with Crippen molar-refractivity contribution >= 4 is 17.2 Å². The van der Waals surface area contributed by atoms with E-state index in [4.69, 9.17) is 4.74 Å². The molecule has 0 spiro atoms. The van der Waals surface area contributed by atoms with Crippen LogP contribution in [0.25, 0.3) is 10.6 Å². The summed E-state index contributed by atoms with van der Waals surface area (Å²) in [6.07, 6.45) is -0.0451. The van der Waals surface area contributed by atoms with E-state index in [1.165, 1.54) is 23.5 Å². The van der Waals surface area contributed by atoms with Gasteiger partial charge in [0.2, 0.25) is 5.82 Å². The Labute approximate surface area is 189 Å². The van der Waals surface area contributed by atoms with E-state index in [2.05, 4.69) is 20.3 Å². The number of amides is 1. The zero-order valence-electron chi connectivity index (χ0n) is 17.2. The number of carbonyl (C=O) groups excluding carboxylic acids is 1. The lowest BCUT2D eigenvalue weighted by Crippen LogP contribution is -2.25. The van der Waals surface area contributed by atoms with Crippen molar-refractivity contribution in [3.63, 3.8) is 0 Å². The van der Waals surface area contributed by atoms with E-state index in [-0.39, 0.29) is 35.6 Å². The van der Waals surface area contributed by atoms with Crippen LogP contribution in [0.2, 0.25) is 0 Å². The molecule has 33 heavy (non-hydrogen) atoms. The smallest absolute Gasteiger partial charge is 0.451 e. The first-order chi connectivity index (χ1) is 15.5. The Morgan fingerprint density at radius 3 is 2.48 bits per heavy atom. The van der Waals surface area contributed by atoms with Crippen LogP contribution in [0, 0.1) is 12.7 Å². The fraction of sp³-hybridized carbons (Fsp3) is 0.333. The van der Waals surface area contributed by atoms with Gasteiger partial charge in [-0.3, -0.25) is 4.79 Å². The third-order valence-electron chi connectivity index (χ3n) is 4.89. The second-order valence-electron chi connectivity index (χ2n) is 7.72. The van der Waals surface area contributed by atoms with Gasteiger partial charge < -0.3 is 15.2 Å². The number of hydrogen-bond donors (Lipinski definition) is 2. The van der Waals surface area contributed by atoms with Gasteiger partial charge in [0.25, 0.3) is 5.91 Å². The van der Waals surface area contributed by atoms with Gasteiger partial charge in [-0.25, -0.2) is 19.3 Å². The molecule has 2 aromatic heterocycles. The molecular weight excluding hydrogens is 464 g/mol. The van der Waals surface area contributed by atoms with E-state index in [0.29, 0.717) is 17.8 Å². The minimum absolute atomic E-state index is 0.00107.